The number of piperidine rings is 1. The third-order valence-electron chi connectivity index (χ3n) is 9.66. The third kappa shape index (κ3) is 3.19. The molecular weight excluding hydrogens is 507 g/mol. The van der Waals surface area contributed by atoms with E-state index in [9.17, 15) is 14.3 Å². The lowest BCUT2D eigenvalue weighted by molar-refractivity contribution is -0.119. The normalized spacial score (nSPS) is 25.7. The number of nitrogens with one attached hydrogen (secondary N) is 1. The highest BCUT2D eigenvalue weighted by atomic mass is 19.1. The Morgan fingerprint density at radius 1 is 1.05 bits per heavy atom. The number of carbonyl (C=O) groups is 1. The molecule has 2 aromatic carbocycles. The lowest BCUT2D eigenvalue weighted by atomic mass is 9.85. The summed E-state index contributed by atoms with van der Waals surface area (Å²) in [5.41, 5.74) is 6.51. The minimum atomic E-state index is -1.01. The molecule has 5 heterocycles. The Morgan fingerprint density at radius 2 is 1.80 bits per heavy atom. The number of nitrogens with zero attached hydrogens (tertiary/aromatic N) is 5. The van der Waals surface area contributed by atoms with Gasteiger partial charge in [0.1, 0.15) is 11.6 Å². The third-order valence-corrected chi connectivity index (χ3v) is 9.66. The molecule has 40 heavy (non-hydrogen) atoms. The summed E-state index contributed by atoms with van der Waals surface area (Å²) in [6.45, 7) is 3.55. The van der Waals surface area contributed by atoms with Crippen molar-refractivity contribution in [1.29, 1.82) is 0 Å². The summed E-state index contributed by atoms with van der Waals surface area (Å²) in [7, 11) is 1.84. The minimum Gasteiger partial charge on any atom is -0.356 e. The van der Waals surface area contributed by atoms with E-state index in [1.165, 1.54) is 0 Å². The number of hydrogen-bond donors (Lipinski definition) is 2. The number of amides is 1. The van der Waals surface area contributed by atoms with Gasteiger partial charge in [0.05, 0.1) is 16.8 Å². The van der Waals surface area contributed by atoms with Crippen LogP contribution in [0.25, 0.3) is 5.69 Å². The number of carbonyl (C=O) groups excluding carboxylic acids is 1. The molecule has 5 aliphatic rings. The predicted octanol–water partition coefficient (Wildman–Crippen LogP) is 4.45. The standard InChI is InChI=1S/C31H33FN6O2/c1-17-13-21(14-18(2)27(17)32)38-28(26-23-6-4-5-19(33-23)15-24(26)34-38)37-12-11-36(30(37)40)20-7-8-25-22(16-20)31(9-10-31)29(39)35(25)3/h7-8,11-14,16,19,23,30,33,40H,4-6,9-10,15H2,1-3H3/t19-,23+,30?/m1/s1. The van der Waals surface area contributed by atoms with Gasteiger partial charge in [-0.2, -0.15) is 5.10 Å². The predicted molar refractivity (Wildman–Crippen MR) is 151 cm³/mol. The van der Waals surface area contributed by atoms with Crippen LogP contribution in [0.4, 0.5) is 21.6 Å². The highest BCUT2D eigenvalue weighted by molar-refractivity contribution is 6.10. The summed E-state index contributed by atoms with van der Waals surface area (Å²) in [4.78, 5) is 18.4. The summed E-state index contributed by atoms with van der Waals surface area (Å²) in [6.07, 6.45) is 8.63. The quantitative estimate of drug-likeness (QED) is 0.511. The Hall–Kier alpha value is -3.69. The maximum absolute atomic E-state index is 14.6. The molecule has 9 heteroatoms. The maximum Gasteiger partial charge on any atom is 0.237 e. The van der Waals surface area contributed by atoms with Gasteiger partial charge in [0.2, 0.25) is 12.3 Å². The van der Waals surface area contributed by atoms with Crippen LogP contribution in [0.1, 0.15) is 66.1 Å². The second-order valence-electron chi connectivity index (χ2n) is 12.1. The molecular formula is C31H33FN6O2. The van der Waals surface area contributed by atoms with Crippen molar-refractivity contribution in [2.24, 2.45) is 0 Å². The van der Waals surface area contributed by atoms with Crippen molar-refractivity contribution >= 4 is 23.1 Å². The highest BCUT2D eigenvalue weighted by Gasteiger charge is 2.58. The summed E-state index contributed by atoms with van der Waals surface area (Å²) in [5.74, 6) is 0.762. The van der Waals surface area contributed by atoms with E-state index in [4.69, 9.17) is 5.10 Å². The van der Waals surface area contributed by atoms with Crippen LogP contribution in [0.2, 0.25) is 0 Å². The van der Waals surface area contributed by atoms with E-state index in [-0.39, 0.29) is 17.8 Å². The Kier molecular flexibility index (Phi) is 4.93. The molecule has 8 nitrogen and oxygen atoms in total. The smallest absolute Gasteiger partial charge is 0.237 e. The van der Waals surface area contributed by atoms with E-state index >= 15 is 0 Å². The molecule has 206 valence electrons. The fraction of sp³-hybridized carbons (Fsp3) is 0.419. The average Bonchev–Trinajstić information content (AvgIpc) is 3.49. The molecule has 1 unspecified atom stereocenters. The number of benzene rings is 2. The molecule has 1 aromatic heterocycles. The van der Waals surface area contributed by atoms with Gasteiger partial charge >= 0.3 is 0 Å². The molecule has 3 aromatic rings. The zero-order valence-electron chi connectivity index (χ0n) is 23.0. The first-order chi connectivity index (χ1) is 19.3. The second-order valence-corrected chi connectivity index (χ2v) is 12.1. The largest absolute Gasteiger partial charge is 0.356 e. The van der Waals surface area contributed by atoms with Gasteiger partial charge < -0.3 is 20.2 Å². The Bertz CT molecular complexity index is 1600. The van der Waals surface area contributed by atoms with E-state index in [1.54, 1.807) is 18.7 Å². The van der Waals surface area contributed by atoms with Crippen molar-refractivity contribution in [2.75, 3.05) is 21.7 Å². The van der Waals surface area contributed by atoms with Crippen LogP contribution in [0.3, 0.4) is 0 Å². The lowest BCUT2D eigenvalue weighted by Crippen LogP contribution is -2.44. The van der Waals surface area contributed by atoms with E-state index in [0.29, 0.717) is 17.2 Å². The van der Waals surface area contributed by atoms with Gasteiger partial charge in [-0.3, -0.25) is 9.69 Å². The van der Waals surface area contributed by atoms with Gasteiger partial charge in [0.15, 0.2) is 0 Å². The van der Waals surface area contributed by atoms with Crippen molar-refractivity contribution in [3.8, 4) is 5.69 Å². The summed E-state index contributed by atoms with van der Waals surface area (Å²) >= 11 is 0. The Balaban J connectivity index is 1.22. The number of aliphatic hydroxyl groups is 1. The van der Waals surface area contributed by atoms with Crippen molar-refractivity contribution in [1.82, 2.24) is 15.1 Å². The average molecular weight is 541 g/mol. The molecule has 4 aliphatic heterocycles. The van der Waals surface area contributed by atoms with Crippen molar-refractivity contribution in [2.45, 2.75) is 76.2 Å². The fourth-order valence-corrected chi connectivity index (χ4v) is 7.43. The molecule has 2 bridgehead atoms. The number of aliphatic hydroxyl groups excluding tert-OH is 1. The molecule has 3 atom stereocenters. The molecule has 1 aliphatic carbocycles. The number of fused-ring (bicyclic) bond motifs is 6. The number of likely N-dealkylation sites (N-methyl/N-ethyl adjacent to an activating group) is 1. The first-order valence-electron chi connectivity index (χ1n) is 14.3. The highest BCUT2D eigenvalue weighted by Crippen LogP contribution is 2.57. The Morgan fingerprint density at radius 3 is 2.55 bits per heavy atom. The molecule has 1 saturated carbocycles. The van der Waals surface area contributed by atoms with E-state index in [2.05, 4.69) is 11.4 Å². The van der Waals surface area contributed by atoms with Gasteiger partial charge in [-0.05, 0) is 93.0 Å². The van der Waals surface area contributed by atoms with Crippen LogP contribution < -0.4 is 20.0 Å². The van der Waals surface area contributed by atoms with Crippen LogP contribution >= 0.6 is 0 Å². The van der Waals surface area contributed by atoms with Crippen LogP contribution in [0.15, 0.2) is 42.7 Å². The summed E-state index contributed by atoms with van der Waals surface area (Å²) in [5, 5.41) is 20.7. The summed E-state index contributed by atoms with van der Waals surface area (Å²) in [6, 6.07) is 10.2. The van der Waals surface area contributed by atoms with E-state index in [0.717, 1.165) is 78.2 Å². The second kappa shape index (κ2) is 8.17. The van der Waals surface area contributed by atoms with Crippen LogP contribution in [-0.2, 0) is 16.6 Å². The van der Waals surface area contributed by atoms with Gasteiger partial charge in [-0.15, -0.1) is 0 Å². The topological polar surface area (TPSA) is 76.9 Å². The van der Waals surface area contributed by atoms with E-state index < -0.39 is 11.8 Å². The fourth-order valence-electron chi connectivity index (χ4n) is 7.43. The van der Waals surface area contributed by atoms with Gasteiger partial charge in [-0.1, -0.05) is 0 Å². The minimum absolute atomic E-state index is 0.153. The number of aryl methyl sites for hydroxylation is 2. The number of aromatic nitrogens is 2. The maximum atomic E-state index is 14.6. The molecule has 1 saturated heterocycles. The Labute approximate surface area is 232 Å². The number of hydrogen-bond acceptors (Lipinski definition) is 6. The van der Waals surface area contributed by atoms with Crippen LogP contribution in [0.5, 0.6) is 0 Å². The van der Waals surface area contributed by atoms with Gasteiger partial charge in [0, 0.05) is 54.9 Å². The van der Waals surface area contributed by atoms with Crippen molar-refractivity contribution in [3.05, 3.63) is 76.5 Å². The first-order valence-corrected chi connectivity index (χ1v) is 14.3. The van der Waals surface area contributed by atoms with Gasteiger partial charge in [-0.25, -0.2) is 9.07 Å². The number of anilines is 3. The molecule has 8 rings (SSSR count). The zero-order chi connectivity index (χ0) is 27.5. The van der Waals surface area contributed by atoms with Crippen molar-refractivity contribution in [3.63, 3.8) is 0 Å². The molecule has 2 fully saturated rings. The van der Waals surface area contributed by atoms with Crippen LogP contribution in [-0.4, -0.2) is 40.2 Å². The molecule has 0 radical (unpaired) electrons. The van der Waals surface area contributed by atoms with Gasteiger partial charge in [0.25, 0.3) is 0 Å². The zero-order valence-corrected chi connectivity index (χ0v) is 23.0. The van der Waals surface area contributed by atoms with Crippen LogP contribution in [0, 0.1) is 19.7 Å². The summed E-state index contributed by atoms with van der Waals surface area (Å²) < 4.78 is 16.5. The molecule has 1 spiro atoms. The molecule has 2 N–H and O–H groups in total. The number of rotatable bonds is 3. The van der Waals surface area contributed by atoms with Crippen molar-refractivity contribution < 1.29 is 14.3 Å². The van der Waals surface area contributed by atoms with E-state index in [1.807, 2.05) is 58.2 Å². The molecule has 1 amide bonds. The number of halogens is 1. The first kappa shape index (κ1) is 24.1. The SMILES string of the molecule is Cc1cc(-n2nc3c(c2N2C=CN(c4ccc5c(c4)C4(CC4)C(=O)N5C)C2O)[C@@H]2CCC[C@H](C3)N2)cc(C)c1F. The monoisotopic (exact) mass is 540 g/mol. The lowest BCUT2D eigenvalue weighted by Gasteiger charge is -2.37.